The van der Waals surface area contributed by atoms with Crippen molar-refractivity contribution in [1.82, 2.24) is 15.3 Å². The number of aromatic amines is 1. The lowest BCUT2D eigenvalue weighted by molar-refractivity contribution is 0.416. The number of ether oxygens (including phenoxy) is 1. The molecule has 1 aromatic heterocycles. The van der Waals surface area contributed by atoms with Crippen molar-refractivity contribution in [3.8, 4) is 17.0 Å². The van der Waals surface area contributed by atoms with Gasteiger partial charge < -0.3 is 15.0 Å². The average molecular weight is 245 g/mol. The minimum absolute atomic E-state index is 0.756. The Morgan fingerprint density at radius 1 is 1.33 bits per heavy atom. The first kappa shape index (κ1) is 12.6. The molecule has 0 aliphatic rings. The zero-order valence-corrected chi connectivity index (χ0v) is 11.1. The Balaban J connectivity index is 2.35. The van der Waals surface area contributed by atoms with Crippen molar-refractivity contribution in [1.29, 1.82) is 0 Å². The second-order valence-corrected chi connectivity index (χ2v) is 4.14. The number of rotatable bonds is 5. The third kappa shape index (κ3) is 2.54. The summed E-state index contributed by atoms with van der Waals surface area (Å²) in [6.45, 7) is 5.80. The molecule has 0 saturated heterocycles. The molecule has 2 rings (SSSR count). The fraction of sp³-hybridized carbons (Fsp3) is 0.357. The molecular formula is C14H19N3O. The summed E-state index contributed by atoms with van der Waals surface area (Å²) in [6.07, 6.45) is 0. The molecule has 4 heteroatoms. The monoisotopic (exact) mass is 245 g/mol. The van der Waals surface area contributed by atoms with Gasteiger partial charge in [-0.3, -0.25) is 0 Å². The number of methoxy groups -OCH3 is 1. The summed E-state index contributed by atoms with van der Waals surface area (Å²) in [7, 11) is 1.68. The standard InChI is InChI=1S/C14H19N3O/c1-4-15-9-13-16-10(2)14(17-13)11-7-5-6-8-12(11)18-3/h5-8,15H,4,9H2,1-3H3,(H,16,17). The molecule has 0 bridgehead atoms. The molecule has 0 aliphatic heterocycles. The van der Waals surface area contributed by atoms with Crippen LogP contribution in [0.2, 0.25) is 0 Å². The van der Waals surface area contributed by atoms with E-state index < -0.39 is 0 Å². The summed E-state index contributed by atoms with van der Waals surface area (Å²) in [5.74, 6) is 1.80. The van der Waals surface area contributed by atoms with E-state index in [0.717, 1.165) is 41.6 Å². The lowest BCUT2D eigenvalue weighted by atomic mass is 10.1. The van der Waals surface area contributed by atoms with Crippen molar-refractivity contribution in [2.75, 3.05) is 13.7 Å². The Labute approximate surface area is 107 Å². The molecule has 0 amide bonds. The molecule has 4 nitrogen and oxygen atoms in total. The Morgan fingerprint density at radius 3 is 2.83 bits per heavy atom. The fourth-order valence-corrected chi connectivity index (χ4v) is 1.95. The fourth-order valence-electron chi connectivity index (χ4n) is 1.95. The lowest BCUT2D eigenvalue weighted by Gasteiger charge is -2.06. The van der Waals surface area contributed by atoms with Crippen molar-refractivity contribution in [2.24, 2.45) is 0 Å². The van der Waals surface area contributed by atoms with Crippen molar-refractivity contribution in [2.45, 2.75) is 20.4 Å². The van der Waals surface area contributed by atoms with E-state index in [1.54, 1.807) is 7.11 Å². The van der Waals surface area contributed by atoms with Gasteiger partial charge >= 0.3 is 0 Å². The number of benzene rings is 1. The van der Waals surface area contributed by atoms with Crippen LogP contribution in [0.25, 0.3) is 11.3 Å². The second-order valence-electron chi connectivity index (χ2n) is 4.14. The molecule has 0 saturated carbocycles. The van der Waals surface area contributed by atoms with Gasteiger partial charge in [0.05, 0.1) is 19.3 Å². The summed E-state index contributed by atoms with van der Waals surface area (Å²) in [4.78, 5) is 7.93. The normalized spacial score (nSPS) is 10.6. The van der Waals surface area contributed by atoms with Gasteiger partial charge in [-0.05, 0) is 25.6 Å². The van der Waals surface area contributed by atoms with Crippen molar-refractivity contribution < 1.29 is 4.74 Å². The maximum Gasteiger partial charge on any atom is 0.128 e. The molecule has 0 atom stereocenters. The van der Waals surface area contributed by atoms with E-state index in [1.165, 1.54) is 0 Å². The number of aryl methyl sites for hydroxylation is 1. The molecule has 1 aromatic carbocycles. The van der Waals surface area contributed by atoms with E-state index in [4.69, 9.17) is 4.74 Å². The molecule has 96 valence electrons. The van der Waals surface area contributed by atoms with Crippen LogP contribution in [-0.2, 0) is 6.54 Å². The van der Waals surface area contributed by atoms with Crippen LogP contribution in [0.4, 0.5) is 0 Å². The first-order valence-corrected chi connectivity index (χ1v) is 6.15. The summed E-state index contributed by atoms with van der Waals surface area (Å²) in [5, 5.41) is 3.26. The minimum atomic E-state index is 0.756. The number of hydrogen-bond acceptors (Lipinski definition) is 3. The minimum Gasteiger partial charge on any atom is -0.496 e. The molecule has 2 N–H and O–H groups in total. The third-order valence-corrected chi connectivity index (χ3v) is 2.84. The molecule has 18 heavy (non-hydrogen) atoms. The van der Waals surface area contributed by atoms with Gasteiger partial charge in [0.2, 0.25) is 0 Å². The average Bonchev–Trinajstić information content (AvgIpc) is 2.77. The van der Waals surface area contributed by atoms with Gasteiger partial charge in [0.15, 0.2) is 0 Å². The molecule has 0 aliphatic carbocycles. The number of H-pyrrole nitrogens is 1. The number of aromatic nitrogens is 2. The molecule has 0 spiro atoms. The van der Waals surface area contributed by atoms with E-state index in [1.807, 2.05) is 31.2 Å². The topological polar surface area (TPSA) is 49.9 Å². The Bertz CT molecular complexity index is 520. The number of hydrogen-bond donors (Lipinski definition) is 2. The molecule has 0 unspecified atom stereocenters. The van der Waals surface area contributed by atoms with Crippen molar-refractivity contribution in [3.63, 3.8) is 0 Å². The molecule has 1 heterocycles. The van der Waals surface area contributed by atoms with Crippen LogP contribution >= 0.6 is 0 Å². The van der Waals surface area contributed by atoms with E-state index in [2.05, 4.69) is 22.2 Å². The first-order valence-electron chi connectivity index (χ1n) is 6.15. The van der Waals surface area contributed by atoms with Gasteiger partial charge in [-0.2, -0.15) is 0 Å². The Kier molecular flexibility index (Phi) is 3.99. The van der Waals surface area contributed by atoms with Gasteiger partial charge in [0.1, 0.15) is 11.6 Å². The van der Waals surface area contributed by atoms with Gasteiger partial charge in [0.25, 0.3) is 0 Å². The predicted octanol–water partition coefficient (Wildman–Crippen LogP) is 2.50. The van der Waals surface area contributed by atoms with Crippen LogP contribution in [0.15, 0.2) is 24.3 Å². The van der Waals surface area contributed by atoms with E-state index in [0.29, 0.717) is 0 Å². The molecule has 0 radical (unpaired) electrons. The van der Waals surface area contributed by atoms with Crippen LogP contribution in [0.1, 0.15) is 18.4 Å². The lowest BCUT2D eigenvalue weighted by Crippen LogP contribution is -2.12. The maximum atomic E-state index is 5.38. The van der Waals surface area contributed by atoms with Crippen LogP contribution in [-0.4, -0.2) is 23.6 Å². The maximum absolute atomic E-state index is 5.38. The molecular weight excluding hydrogens is 226 g/mol. The summed E-state index contributed by atoms with van der Waals surface area (Å²) < 4.78 is 5.38. The van der Waals surface area contributed by atoms with Crippen LogP contribution in [0.5, 0.6) is 5.75 Å². The Morgan fingerprint density at radius 2 is 2.11 bits per heavy atom. The highest BCUT2D eigenvalue weighted by Crippen LogP contribution is 2.30. The highest BCUT2D eigenvalue weighted by Gasteiger charge is 2.12. The van der Waals surface area contributed by atoms with Gasteiger partial charge in [-0.15, -0.1) is 0 Å². The van der Waals surface area contributed by atoms with Crippen LogP contribution in [0.3, 0.4) is 0 Å². The number of nitrogens with one attached hydrogen (secondary N) is 2. The van der Waals surface area contributed by atoms with Gasteiger partial charge in [0, 0.05) is 11.3 Å². The van der Waals surface area contributed by atoms with E-state index >= 15 is 0 Å². The van der Waals surface area contributed by atoms with Crippen molar-refractivity contribution in [3.05, 3.63) is 35.8 Å². The number of para-hydroxylation sites is 1. The van der Waals surface area contributed by atoms with E-state index in [9.17, 15) is 0 Å². The smallest absolute Gasteiger partial charge is 0.128 e. The zero-order chi connectivity index (χ0) is 13.0. The van der Waals surface area contributed by atoms with Gasteiger partial charge in [-0.25, -0.2) is 4.98 Å². The summed E-state index contributed by atoms with van der Waals surface area (Å²) in [5.41, 5.74) is 3.05. The SMILES string of the molecule is CCNCc1nc(-c2ccccc2OC)c(C)[nH]1. The van der Waals surface area contributed by atoms with E-state index in [-0.39, 0.29) is 0 Å². The summed E-state index contributed by atoms with van der Waals surface area (Å²) in [6, 6.07) is 7.94. The molecule has 2 aromatic rings. The van der Waals surface area contributed by atoms with Crippen LogP contribution < -0.4 is 10.1 Å². The Hall–Kier alpha value is -1.81. The largest absolute Gasteiger partial charge is 0.496 e. The van der Waals surface area contributed by atoms with Crippen molar-refractivity contribution >= 4 is 0 Å². The first-order chi connectivity index (χ1) is 8.76. The number of imidazole rings is 1. The van der Waals surface area contributed by atoms with Crippen LogP contribution in [0, 0.1) is 6.92 Å². The third-order valence-electron chi connectivity index (χ3n) is 2.84. The predicted molar refractivity (Wildman–Crippen MR) is 72.7 cm³/mol. The summed E-state index contributed by atoms with van der Waals surface area (Å²) >= 11 is 0. The second kappa shape index (κ2) is 5.69. The molecule has 0 fully saturated rings. The van der Waals surface area contributed by atoms with Gasteiger partial charge in [-0.1, -0.05) is 19.1 Å². The number of nitrogens with zero attached hydrogens (tertiary/aromatic N) is 1. The highest BCUT2D eigenvalue weighted by molar-refractivity contribution is 5.69. The quantitative estimate of drug-likeness (QED) is 0.851. The highest BCUT2D eigenvalue weighted by atomic mass is 16.5. The zero-order valence-electron chi connectivity index (χ0n) is 11.1.